The molecule has 0 spiro atoms. The minimum atomic E-state index is 0.144. The molecule has 0 saturated carbocycles. The van der Waals surface area contributed by atoms with Crippen LogP contribution in [0.4, 0.5) is 0 Å². The Morgan fingerprint density at radius 2 is 2.10 bits per heavy atom. The van der Waals surface area contributed by atoms with Gasteiger partial charge in [-0.05, 0) is 38.1 Å². The lowest BCUT2D eigenvalue weighted by molar-refractivity contribution is 0.104. The Morgan fingerprint density at radius 3 is 2.85 bits per heavy atom. The number of nitrogens with two attached hydrogens (primary N) is 1. The second kappa shape index (κ2) is 7.21. The Labute approximate surface area is 123 Å². The van der Waals surface area contributed by atoms with Crippen LogP contribution in [0, 0.1) is 0 Å². The normalized spacial score (nSPS) is 22.9. The zero-order valence-electron chi connectivity index (χ0n) is 13.2. The summed E-state index contributed by atoms with van der Waals surface area (Å²) in [5.74, 6) is 0. The summed E-state index contributed by atoms with van der Waals surface area (Å²) in [4.78, 5) is 4.86. The van der Waals surface area contributed by atoms with Crippen molar-refractivity contribution in [3.05, 3.63) is 35.4 Å². The summed E-state index contributed by atoms with van der Waals surface area (Å²) in [5.41, 5.74) is 9.15. The second-order valence-corrected chi connectivity index (χ2v) is 6.23. The van der Waals surface area contributed by atoms with Gasteiger partial charge in [0.1, 0.15) is 0 Å². The van der Waals surface area contributed by atoms with Gasteiger partial charge in [0, 0.05) is 31.7 Å². The van der Waals surface area contributed by atoms with E-state index >= 15 is 0 Å². The molecule has 2 atom stereocenters. The van der Waals surface area contributed by atoms with E-state index in [0.717, 1.165) is 32.5 Å². The van der Waals surface area contributed by atoms with Gasteiger partial charge in [0.2, 0.25) is 0 Å². The number of benzene rings is 1. The van der Waals surface area contributed by atoms with Crippen LogP contribution in [0.2, 0.25) is 0 Å². The summed E-state index contributed by atoms with van der Waals surface area (Å²) >= 11 is 0. The highest BCUT2D eigenvalue weighted by molar-refractivity contribution is 5.26. The molecule has 1 aromatic rings. The predicted octanol–water partition coefficient (Wildman–Crippen LogP) is 2.27. The first-order valence-electron chi connectivity index (χ1n) is 7.83. The molecule has 1 fully saturated rings. The van der Waals surface area contributed by atoms with E-state index in [9.17, 15) is 0 Å². The van der Waals surface area contributed by atoms with Crippen molar-refractivity contribution in [2.24, 2.45) is 5.73 Å². The summed E-state index contributed by atoms with van der Waals surface area (Å²) in [5, 5.41) is 0. The Hall–Kier alpha value is -0.900. The van der Waals surface area contributed by atoms with Crippen molar-refractivity contribution in [3.63, 3.8) is 0 Å². The van der Waals surface area contributed by atoms with Gasteiger partial charge >= 0.3 is 0 Å². The van der Waals surface area contributed by atoms with Crippen molar-refractivity contribution in [2.45, 2.75) is 38.3 Å². The molecule has 1 aliphatic rings. The minimum absolute atomic E-state index is 0.144. The lowest BCUT2D eigenvalue weighted by Crippen LogP contribution is -2.50. The highest BCUT2D eigenvalue weighted by atomic mass is 15.3. The Balaban J connectivity index is 1.99. The van der Waals surface area contributed by atoms with E-state index in [1.807, 2.05) is 0 Å². The summed E-state index contributed by atoms with van der Waals surface area (Å²) in [6, 6.07) is 9.54. The number of hydrogen-bond acceptors (Lipinski definition) is 3. The molecule has 2 unspecified atom stereocenters. The van der Waals surface area contributed by atoms with E-state index in [-0.39, 0.29) is 6.04 Å². The fourth-order valence-corrected chi connectivity index (χ4v) is 3.05. The van der Waals surface area contributed by atoms with Gasteiger partial charge in [-0.25, -0.2) is 0 Å². The molecular weight excluding hydrogens is 246 g/mol. The van der Waals surface area contributed by atoms with E-state index in [0.29, 0.717) is 6.04 Å². The Kier molecular flexibility index (Phi) is 5.58. The first-order valence-corrected chi connectivity index (χ1v) is 7.83. The first kappa shape index (κ1) is 15.5. The van der Waals surface area contributed by atoms with Crippen molar-refractivity contribution in [3.8, 4) is 0 Å². The van der Waals surface area contributed by atoms with Gasteiger partial charge in [-0.1, -0.05) is 37.6 Å². The number of nitrogens with zero attached hydrogens (tertiary/aromatic N) is 2. The quantitative estimate of drug-likeness (QED) is 0.895. The Bertz CT molecular complexity index is 418. The van der Waals surface area contributed by atoms with Crippen molar-refractivity contribution >= 4 is 0 Å². The molecule has 1 heterocycles. The van der Waals surface area contributed by atoms with Gasteiger partial charge < -0.3 is 15.5 Å². The van der Waals surface area contributed by atoms with Crippen LogP contribution in [-0.2, 0) is 6.42 Å². The van der Waals surface area contributed by atoms with E-state index in [4.69, 9.17) is 5.73 Å². The van der Waals surface area contributed by atoms with Crippen molar-refractivity contribution in [1.82, 2.24) is 9.80 Å². The number of aryl methyl sites for hydroxylation is 1. The molecular formula is C17H29N3. The number of rotatable bonds is 5. The van der Waals surface area contributed by atoms with Crippen LogP contribution in [0.3, 0.4) is 0 Å². The fourth-order valence-electron chi connectivity index (χ4n) is 3.05. The van der Waals surface area contributed by atoms with E-state index in [2.05, 4.69) is 55.1 Å². The molecule has 1 saturated heterocycles. The van der Waals surface area contributed by atoms with Crippen LogP contribution in [0.25, 0.3) is 0 Å². The fraction of sp³-hybridized carbons (Fsp3) is 0.647. The zero-order valence-corrected chi connectivity index (χ0v) is 13.2. The maximum absolute atomic E-state index is 6.45. The molecule has 0 aliphatic carbocycles. The zero-order chi connectivity index (χ0) is 14.5. The molecule has 0 aromatic heterocycles. The molecule has 3 heteroatoms. The van der Waals surface area contributed by atoms with Gasteiger partial charge in [-0.3, -0.25) is 0 Å². The van der Waals surface area contributed by atoms with E-state index in [1.54, 1.807) is 0 Å². The van der Waals surface area contributed by atoms with E-state index in [1.165, 1.54) is 17.5 Å². The van der Waals surface area contributed by atoms with Gasteiger partial charge in [0.15, 0.2) is 0 Å². The molecule has 0 amide bonds. The van der Waals surface area contributed by atoms with Crippen LogP contribution in [0.1, 0.15) is 36.9 Å². The summed E-state index contributed by atoms with van der Waals surface area (Å²) in [6.07, 6.45) is 3.37. The smallest absolute Gasteiger partial charge is 0.0310 e. The molecule has 20 heavy (non-hydrogen) atoms. The van der Waals surface area contributed by atoms with Crippen LogP contribution in [0.15, 0.2) is 24.3 Å². The lowest BCUT2D eigenvalue weighted by Gasteiger charge is -2.38. The second-order valence-electron chi connectivity index (χ2n) is 6.23. The highest BCUT2D eigenvalue weighted by Crippen LogP contribution is 2.21. The average molecular weight is 275 g/mol. The lowest BCUT2D eigenvalue weighted by atomic mass is 9.96. The topological polar surface area (TPSA) is 32.5 Å². The molecule has 1 aromatic carbocycles. The average Bonchev–Trinajstić information content (AvgIpc) is 2.43. The molecule has 2 N–H and O–H groups in total. The van der Waals surface area contributed by atoms with Gasteiger partial charge in [-0.15, -0.1) is 0 Å². The molecule has 3 nitrogen and oxygen atoms in total. The van der Waals surface area contributed by atoms with Crippen LogP contribution < -0.4 is 5.73 Å². The highest BCUT2D eigenvalue weighted by Gasteiger charge is 2.24. The van der Waals surface area contributed by atoms with Crippen molar-refractivity contribution in [2.75, 3.05) is 33.7 Å². The van der Waals surface area contributed by atoms with Crippen LogP contribution in [0.5, 0.6) is 0 Å². The first-order chi connectivity index (χ1) is 9.60. The number of hydrogen-bond donors (Lipinski definition) is 1. The molecule has 0 bridgehead atoms. The monoisotopic (exact) mass is 275 g/mol. The molecule has 1 aliphatic heterocycles. The standard InChI is InChI=1S/C17H29N3/c1-4-6-14-7-5-8-15(11-14)17(18)12-16-13-19(2)9-10-20(16)3/h5,7-8,11,16-17H,4,6,9-10,12-13,18H2,1-3H3. The third kappa shape index (κ3) is 4.05. The van der Waals surface area contributed by atoms with Gasteiger partial charge in [0.05, 0.1) is 0 Å². The third-order valence-electron chi connectivity index (χ3n) is 4.42. The third-order valence-corrected chi connectivity index (χ3v) is 4.42. The predicted molar refractivity (Wildman–Crippen MR) is 85.9 cm³/mol. The summed E-state index contributed by atoms with van der Waals surface area (Å²) < 4.78 is 0. The maximum Gasteiger partial charge on any atom is 0.0310 e. The van der Waals surface area contributed by atoms with Crippen LogP contribution >= 0.6 is 0 Å². The molecule has 112 valence electrons. The SMILES string of the molecule is CCCc1cccc(C(N)CC2CN(C)CCN2C)c1. The summed E-state index contributed by atoms with van der Waals surface area (Å²) in [7, 11) is 4.42. The molecule has 2 rings (SSSR count). The van der Waals surface area contributed by atoms with Gasteiger partial charge in [0.25, 0.3) is 0 Å². The summed E-state index contributed by atoms with van der Waals surface area (Å²) in [6.45, 7) is 5.65. The maximum atomic E-state index is 6.45. The number of piperazine rings is 1. The van der Waals surface area contributed by atoms with Crippen molar-refractivity contribution in [1.29, 1.82) is 0 Å². The van der Waals surface area contributed by atoms with Crippen LogP contribution in [-0.4, -0.2) is 49.6 Å². The molecule has 0 radical (unpaired) electrons. The van der Waals surface area contributed by atoms with E-state index < -0.39 is 0 Å². The minimum Gasteiger partial charge on any atom is -0.324 e. The van der Waals surface area contributed by atoms with Gasteiger partial charge in [-0.2, -0.15) is 0 Å². The Morgan fingerprint density at radius 1 is 1.30 bits per heavy atom. The number of likely N-dealkylation sites (N-methyl/N-ethyl adjacent to an activating group) is 2. The largest absolute Gasteiger partial charge is 0.324 e. The van der Waals surface area contributed by atoms with Crippen molar-refractivity contribution < 1.29 is 0 Å².